The summed E-state index contributed by atoms with van der Waals surface area (Å²) < 4.78 is 13.4. The SMILES string of the molecule is CC(=O)/C(C#N)=C(/O)c1c(F)cccc1Cl. The number of rotatable bonds is 2. The number of allylic oxidation sites excluding steroid dienone is 1. The minimum atomic E-state index is -0.793. The zero-order valence-electron chi connectivity index (χ0n) is 8.29. The van der Waals surface area contributed by atoms with Crippen molar-refractivity contribution in [3.8, 4) is 6.07 Å². The van der Waals surface area contributed by atoms with Gasteiger partial charge in [0.05, 0.1) is 10.6 Å². The van der Waals surface area contributed by atoms with Crippen molar-refractivity contribution in [2.45, 2.75) is 6.92 Å². The van der Waals surface area contributed by atoms with E-state index in [1.165, 1.54) is 18.2 Å². The van der Waals surface area contributed by atoms with Crippen LogP contribution in [0, 0.1) is 17.1 Å². The summed E-state index contributed by atoms with van der Waals surface area (Å²) in [7, 11) is 0. The Morgan fingerprint density at radius 2 is 2.19 bits per heavy atom. The highest BCUT2D eigenvalue weighted by atomic mass is 35.5. The molecule has 1 aromatic carbocycles. The third-order valence-corrected chi connectivity index (χ3v) is 2.22. The van der Waals surface area contributed by atoms with E-state index in [1.54, 1.807) is 0 Å². The fourth-order valence-corrected chi connectivity index (χ4v) is 1.40. The molecule has 0 aliphatic rings. The number of Topliss-reactive ketones (excluding diaryl/α,β-unsaturated/α-hetero) is 1. The molecule has 0 saturated heterocycles. The Labute approximate surface area is 96.4 Å². The highest BCUT2D eigenvalue weighted by Crippen LogP contribution is 2.27. The molecule has 3 nitrogen and oxygen atoms in total. The predicted octanol–water partition coefficient (Wildman–Crippen LogP) is 2.86. The van der Waals surface area contributed by atoms with Crippen molar-refractivity contribution in [2.75, 3.05) is 0 Å². The van der Waals surface area contributed by atoms with Gasteiger partial charge in [0.2, 0.25) is 0 Å². The summed E-state index contributed by atoms with van der Waals surface area (Å²) in [6.07, 6.45) is 0. The number of hydrogen-bond acceptors (Lipinski definition) is 3. The van der Waals surface area contributed by atoms with Crippen LogP contribution in [0.15, 0.2) is 23.8 Å². The smallest absolute Gasteiger partial charge is 0.174 e. The Kier molecular flexibility index (Phi) is 3.64. The van der Waals surface area contributed by atoms with Gasteiger partial charge >= 0.3 is 0 Å². The van der Waals surface area contributed by atoms with Crippen LogP contribution in [0.2, 0.25) is 5.02 Å². The predicted molar refractivity (Wildman–Crippen MR) is 57.3 cm³/mol. The van der Waals surface area contributed by atoms with Gasteiger partial charge in [-0.25, -0.2) is 4.39 Å². The molecule has 1 aromatic rings. The van der Waals surface area contributed by atoms with Crippen molar-refractivity contribution >= 4 is 23.1 Å². The van der Waals surface area contributed by atoms with Gasteiger partial charge < -0.3 is 5.11 Å². The highest BCUT2D eigenvalue weighted by Gasteiger charge is 2.18. The van der Waals surface area contributed by atoms with Crippen molar-refractivity contribution in [3.63, 3.8) is 0 Å². The standard InChI is InChI=1S/C11H7ClFNO2/c1-6(15)7(5-14)11(16)10-8(12)3-2-4-9(10)13/h2-4,16H,1H3/b11-7+. The molecule has 0 fully saturated rings. The molecule has 0 aliphatic heterocycles. The Morgan fingerprint density at radius 3 is 2.62 bits per heavy atom. The maximum absolute atomic E-state index is 13.4. The van der Waals surface area contributed by atoms with E-state index in [-0.39, 0.29) is 10.6 Å². The lowest BCUT2D eigenvalue weighted by atomic mass is 10.1. The first-order valence-electron chi connectivity index (χ1n) is 4.27. The average Bonchev–Trinajstić information content (AvgIpc) is 2.17. The second-order valence-corrected chi connectivity index (χ2v) is 3.40. The molecule has 0 radical (unpaired) electrons. The lowest BCUT2D eigenvalue weighted by Crippen LogP contribution is -2.01. The van der Waals surface area contributed by atoms with Gasteiger partial charge in [-0.2, -0.15) is 5.26 Å². The summed E-state index contributed by atoms with van der Waals surface area (Å²) in [4.78, 5) is 11.0. The summed E-state index contributed by atoms with van der Waals surface area (Å²) in [5.41, 5.74) is -0.858. The first kappa shape index (κ1) is 12.2. The Balaban J connectivity index is 3.51. The Hall–Kier alpha value is -1.86. The Bertz CT molecular complexity index is 497. The Morgan fingerprint density at radius 1 is 1.56 bits per heavy atom. The number of hydrogen-bond donors (Lipinski definition) is 1. The number of carbonyl (C=O) groups is 1. The van der Waals surface area contributed by atoms with Crippen LogP contribution in [0.5, 0.6) is 0 Å². The number of nitriles is 1. The van der Waals surface area contributed by atoms with E-state index in [0.29, 0.717) is 0 Å². The van der Waals surface area contributed by atoms with Crippen molar-refractivity contribution < 1.29 is 14.3 Å². The van der Waals surface area contributed by atoms with E-state index in [4.69, 9.17) is 16.9 Å². The van der Waals surface area contributed by atoms with Gasteiger partial charge in [-0.3, -0.25) is 4.79 Å². The number of carbonyl (C=O) groups excluding carboxylic acids is 1. The fraction of sp³-hybridized carbons (Fsp3) is 0.0909. The monoisotopic (exact) mass is 239 g/mol. The van der Waals surface area contributed by atoms with Crippen LogP contribution in [-0.4, -0.2) is 10.9 Å². The van der Waals surface area contributed by atoms with Crippen LogP contribution in [0.3, 0.4) is 0 Å². The molecule has 0 heterocycles. The molecule has 0 unspecified atom stereocenters. The maximum atomic E-state index is 13.4. The minimum absolute atomic E-state index is 0.0634. The first-order valence-corrected chi connectivity index (χ1v) is 4.65. The van der Waals surface area contributed by atoms with Gasteiger partial charge in [0.1, 0.15) is 23.2 Å². The molecule has 1 N–H and O–H groups in total. The van der Waals surface area contributed by atoms with Gasteiger partial charge in [-0.1, -0.05) is 17.7 Å². The molecule has 0 saturated carbocycles. The molecule has 0 spiro atoms. The van der Waals surface area contributed by atoms with Crippen LogP contribution >= 0.6 is 11.6 Å². The molecule has 1 rings (SSSR count). The van der Waals surface area contributed by atoms with Crippen LogP contribution in [0.25, 0.3) is 5.76 Å². The largest absolute Gasteiger partial charge is 0.506 e. The van der Waals surface area contributed by atoms with E-state index >= 15 is 0 Å². The fourth-order valence-electron chi connectivity index (χ4n) is 1.15. The number of aliphatic hydroxyl groups is 1. The van der Waals surface area contributed by atoms with Crippen LogP contribution in [0.1, 0.15) is 12.5 Å². The molecular weight excluding hydrogens is 233 g/mol. The van der Waals surface area contributed by atoms with Crippen LogP contribution in [0.4, 0.5) is 4.39 Å². The van der Waals surface area contributed by atoms with E-state index in [0.717, 1.165) is 13.0 Å². The number of halogens is 2. The zero-order chi connectivity index (χ0) is 12.3. The quantitative estimate of drug-likeness (QED) is 0.490. The zero-order valence-corrected chi connectivity index (χ0v) is 9.05. The number of nitrogens with zero attached hydrogens (tertiary/aromatic N) is 1. The molecular formula is C11H7ClFNO2. The van der Waals surface area contributed by atoms with Gasteiger partial charge in [0.15, 0.2) is 5.78 Å². The van der Waals surface area contributed by atoms with Crippen molar-refractivity contribution in [2.24, 2.45) is 0 Å². The van der Waals surface area contributed by atoms with Crippen molar-refractivity contribution in [1.82, 2.24) is 0 Å². The molecule has 16 heavy (non-hydrogen) atoms. The van der Waals surface area contributed by atoms with Gasteiger partial charge in [-0.05, 0) is 12.1 Å². The topological polar surface area (TPSA) is 61.1 Å². The molecule has 82 valence electrons. The third kappa shape index (κ3) is 2.20. The summed E-state index contributed by atoms with van der Waals surface area (Å²) >= 11 is 5.68. The van der Waals surface area contributed by atoms with Crippen LogP contribution < -0.4 is 0 Å². The number of benzene rings is 1. The molecule has 0 atom stereocenters. The van der Waals surface area contributed by atoms with Gasteiger partial charge in [-0.15, -0.1) is 0 Å². The summed E-state index contributed by atoms with van der Waals surface area (Å²) in [6.45, 7) is 1.10. The van der Waals surface area contributed by atoms with Gasteiger partial charge in [0, 0.05) is 6.92 Å². The second kappa shape index (κ2) is 4.77. The van der Waals surface area contributed by atoms with Gasteiger partial charge in [0.25, 0.3) is 0 Å². The summed E-state index contributed by atoms with van der Waals surface area (Å²) in [5.74, 6) is -2.18. The van der Waals surface area contributed by atoms with E-state index in [2.05, 4.69) is 0 Å². The molecule has 0 aromatic heterocycles. The molecule has 0 amide bonds. The lowest BCUT2D eigenvalue weighted by Gasteiger charge is -2.05. The van der Waals surface area contributed by atoms with E-state index < -0.39 is 22.9 Å². The maximum Gasteiger partial charge on any atom is 0.174 e. The number of ketones is 1. The normalized spacial score (nSPS) is 11.6. The number of aliphatic hydroxyl groups excluding tert-OH is 1. The van der Waals surface area contributed by atoms with Crippen LogP contribution in [-0.2, 0) is 4.79 Å². The minimum Gasteiger partial charge on any atom is -0.506 e. The second-order valence-electron chi connectivity index (χ2n) is 2.99. The van der Waals surface area contributed by atoms with Crippen molar-refractivity contribution in [3.05, 3.63) is 40.2 Å². The molecule has 0 bridgehead atoms. The highest BCUT2D eigenvalue weighted by molar-refractivity contribution is 6.32. The molecule has 0 aliphatic carbocycles. The summed E-state index contributed by atoms with van der Waals surface area (Å²) in [6, 6.07) is 5.29. The lowest BCUT2D eigenvalue weighted by molar-refractivity contribution is -0.113. The third-order valence-electron chi connectivity index (χ3n) is 1.90. The average molecular weight is 240 g/mol. The van der Waals surface area contributed by atoms with Crippen molar-refractivity contribution in [1.29, 1.82) is 5.26 Å². The first-order chi connectivity index (χ1) is 7.49. The van der Waals surface area contributed by atoms with E-state index in [1.807, 2.05) is 0 Å². The summed E-state index contributed by atoms with van der Waals surface area (Å²) in [5, 5.41) is 18.2. The molecule has 5 heteroatoms. The van der Waals surface area contributed by atoms with E-state index in [9.17, 15) is 14.3 Å².